The van der Waals surface area contributed by atoms with E-state index in [0.717, 1.165) is 0 Å². The molecule has 122 valence electrons. The Morgan fingerprint density at radius 3 is 2.09 bits per heavy atom. The van der Waals surface area contributed by atoms with Gasteiger partial charge in [0.05, 0.1) is 38.7 Å². The molecule has 1 amide bonds. The molecule has 0 unspecified atom stereocenters. The molecule has 2 aromatic rings. The van der Waals surface area contributed by atoms with Crippen LogP contribution in [0.1, 0.15) is 10.4 Å². The number of ether oxygens (including phenoxy) is 3. The summed E-state index contributed by atoms with van der Waals surface area (Å²) in [5.74, 6) is 0.929. The van der Waals surface area contributed by atoms with Crippen molar-refractivity contribution in [2.24, 2.45) is 0 Å². The van der Waals surface area contributed by atoms with Crippen LogP contribution >= 0.6 is 11.6 Å². The minimum Gasteiger partial charge on any atom is -0.493 e. The molecular formula is C14H15ClN4O4. The first-order valence-electron chi connectivity index (χ1n) is 6.43. The van der Waals surface area contributed by atoms with Gasteiger partial charge in [0.25, 0.3) is 5.91 Å². The van der Waals surface area contributed by atoms with Crippen LogP contribution in [0.3, 0.4) is 0 Å². The maximum absolute atomic E-state index is 12.2. The second-order valence-corrected chi connectivity index (χ2v) is 4.65. The Morgan fingerprint density at radius 1 is 1.04 bits per heavy atom. The number of aromatic nitrogens is 2. The van der Waals surface area contributed by atoms with Crippen molar-refractivity contribution in [3.8, 4) is 17.2 Å². The summed E-state index contributed by atoms with van der Waals surface area (Å²) in [5.41, 5.74) is 5.35. The fourth-order valence-corrected chi connectivity index (χ4v) is 1.87. The average Bonchev–Trinajstić information content (AvgIpc) is 2.59. The number of rotatable bonds is 6. The summed E-state index contributed by atoms with van der Waals surface area (Å²) in [6.07, 6.45) is 2.81. The van der Waals surface area contributed by atoms with Crippen molar-refractivity contribution < 1.29 is 19.0 Å². The average molecular weight is 339 g/mol. The molecule has 0 fully saturated rings. The highest BCUT2D eigenvalue weighted by molar-refractivity contribution is 6.30. The van der Waals surface area contributed by atoms with Gasteiger partial charge >= 0.3 is 0 Å². The number of hydrogen-bond donors (Lipinski definition) is 2. The van der Waals surface area contributed by atoms with Crippen molar-refractivity contribution in [2.45, 2.75) is 0 Å². The summed E-state index contributed by atoms with van der Waals surface area (Å²) >= 11 is 5.69. The normalized spacial score (nSPS) is 9.91. The lowest BCUT2D eigenvalue weighted by Crippen LogP contribution is -2.30. The number of carbonyl (C=O) groups excluding carboxylic acids is 1. The largest absolute Gasteiger partial charge is 0.493 e. The Labute approximate surface area is 137 Å². The van der Waals surface area contributed by atoms with Gasteiger partial charge in [-0.25, -0.2) is 9.97 Å². The van der Waals surface area contributed by atoms with Crippen LogP contribution in [0, 0.1) is 0 Å². The highest BCUT2D eigenvalue weighted by Crippen LogP contribution is 2.38. The van der Waals surface area contributed by atoms with Crippen molar-refractivity contribution in [2.75, 3.05) is 26.8 Å². The van der Waals surface area contributed by atoms with Crippen LogP contribution in [-0.2, 0) is 0 Å². The molecule has 0 aliphatic heterocycles. The first-order valence-corrected chi connectivity index (χ1v) is 6.80. The Kier molecular flexibility index (Phi) is 5.42. The molecule has 1 aromatic heterocycles. The molecule has 2 N–H and O–H groups in total. The Balaban J connectivity index is 2.16. The van der Waals surface area contributed by atoms with Crippen molar-refractivity contribution in [3.63, 3.8) is 0 Å². The van der Waals surface area contributed by atoms with Gasteiger partial charge in [-0.2, -0.15) is 0 Å². The van der Waals surface area contributed by atoms with E-state index in [-0.39, 0.29) is 5.95 Å². The summed E-state index contributed by atoms with van der Waals surface area (Å²) in [4.78, 5) is 20.0. The zero-order chi connectivity index (χ0) is 16.8. The fourth-order valence-electron chi connectivity index (χ4n) is 1.77. The van der Waals surface area contributed by atoms with Gasteiger partial charge in [-0.05, 0) is 12.1 Å². The standard InChI is InChI=1S/C14H15ClN4O4/c1-21-10-4-8(5-11(22-2)12(10)23-3)13(20)18-19-14-16-6-9(15)7-17-14/h4-7H,1-3H3,(H,18,20)(H,16,17,19). The lowest BCUT2D eigenvalue weighted by Gasteiger charge is -2.14. The number of halogens is 1. The number of hydrazine groups is 1. The molecule has 1 heterocycles. The number of hydrogen-bond acceptors (Lipinski definition) is 7. The topological polar surface area (TPSA) is 94.6 Å². The molecule has 0 spiro atoms. The van der Waals surface area contributed by atoms with E-state index < -0.39 is 5.91 Å². The number of nitrogens with one attached hydrogen (secondary N) is 2. The molecule has 0 bridgehead atoms. The quantitative estimate of drug-likeness (QED) is 0.777. The molecule has 0 saturated heterocycles. The van der Waals surface area contributed by atoms with Crippen LogP contribution in [0.2, 0.25) is 5.02 Å². The van der Waals surface area contributed by atoms with Crippen LogP contribution in [0.5, 0.6) is 17.2 Å². The maximum Gasteiger partial charge on any atom is 0.269 e. The molecule has 2 rings (SSSR count). The lowest BCUT2D eigenvalue weighted by molar-refractivity contribution is 0.0961. The van der Waals surface area contributed by atoms with Crippen LogP contribution in [-0.4, -0.2) is 37.2 Å². The number of carbonyl (C=O) groups is 1. The second-order valence-electron chi connectivity index (χ2n) is 4.22. The van der Waals surface area contributed by atoms with E-state index >= 15 is 0 Å². The van der Waals surface area contributed by atoms with Gasteiger partial charge in [-0.3, -0.25) is 15.6 Å². The summed E-state index contributed by atoms with van der Waals surface area (Å²) in [6.45, 7) is 0. The Bertz CT molecular complexity index is 669. The van der Waals surface area contributed by atoms with Crippen molar-refractivity contribution in [1.29, 1.82) is 0 Å². The Morgan fingerprint density at radius 2 is 1.61 bits per heavy atom. The van der Waals surface area contributed by atoms with Gasteiger partial charge < -0.3 is 14.2 Å². The van der Waals surface area contributed by atoms with Crippen LogP contribution < -0.4 is 25.1 Å². The molecule has 0 radical (unpaired) electrons. The second kappa shape index (κ2) is 7.50. The third-order valence-corrected chi connectivity index (χ3v) is 3.03. The number of anilines is 1. The molecule has 0 aliphatic carbocycles. The summed E-state index contributed by atoms with van der Waals surface area (Å²) in [6, 6.07) is 3.06. The summed E-state index contributed by atoms with van der Waals surface area (Å²) in [7, 11) is 4.43. The minimum absolute atomic E-state index is 0.204. The van der Waals surface area contributed by atoms with E-state index in [4.69, 9.17) is 25.8 Å². The summed E-state index contributed by atoms with van der Waals surface area (Å²) < 4.78 is 15.6. The smallest absolute Gasteiger partial charge is 0.269 e. The van der Waals surface area contributed by atoms with E-state index in [1.165, 1.54) is 45.9 Å². The number of amides is 1. The minimum atomic E-state index is -0.428. The third kappa shape index (κ3) is 3.92. The Hall–Kier alpha value is -2.74. The highest BCUT2D eigenvalue weighted by atomic mass is 35.5. The SMILES string of the molecule is COc1cc(C(=O)NNc2ncc(Cl)cn2)cc(OC)c1OC. The number of nitrogens with zero attached hydrogens (tertiary/aromatic N) is 2. The predicted octanol–water partition coefficient (Wildman–Crippen LogP) is 1.91. The first kappa shape index (κ1) is 16.6. The van der Waals surface area contributed by atoms with Gasteiger partial charge in [0.2, 0.25) is 11.7 Å². The molecule has 1 aromatic carbocycles. The van der Waals surface area contributed by atoms with E-state index in [1.54, 1.807) is 0 Å². The molecular weight excluding hydrogens is 324 g/mol. The van der Waals surface area contributed by atoms with E-state index in [1.807, 2.05) is 0 Å². The molecule has 9 heteroatoms. The molecule has 8 nitrogen and oxygen atoms in total. The first-order chi connectivity index (χ1) is 11.1. The van der Waals surface area contributed by atoms with E-state index in [9.17, 15) is 4.79 Å². The third-order valence-electron chi connectivity index (χ3n) is 2.84. The lowest BCUT2D eigenvalue weighted by atomic mass is 10.1. The van der Waals surface area contributed by atoms with Crippen LogP contribution in [0.4, 0.5) is 5.95 Å². The molecule has 23 heavy (non-hydrogen) atoms. The number of methoxy groups -OCH3 is 3. The van der Waals surface area contributed by atoms with Crippen LogP contribution in [0.25, 0.3) is 0 Å². The van der Waals surface area contributed by atoms with Gasteiger partial charge in [0.1, 0.15) is 0 Å². The zero-order valence-corrected chi connectivity index (χ0v) is 13.5. The van der Waals surface area contributed by atoms with E-state index in [0.29, 0.717) is 27.8 Å². The number of benzene rings is 1. The van der Waals surface area contributed by atoms with Crippen molar-refractivity contribution in [3.05, 3.63) is 35.1 Å². The maximum atomic E-state index is 12.2. The zero-order valence-electron chi connectivity index (χ0n) is 12.7. The van der Waals surface area contributed by atoms with E-state index in [2.05, 4.69) is 20.8 Å². The van der Waals surface area contributed by atoms with Gasteiger partial charge in [0.15, 0.2) is 11.5 Å². The van der Waals surface area contributed by atoms with Crippen molar-refractivity contribution >= 4 is 23.5 Å². The van der Waals surface area contributed by atoms with Crippen LogP contribution in [0.15, 0.2) is 24.5 Å². The fraction of sp³-hybridized carbons (Fsp3) is 0.214. The van der Waals surface area contributed by atoms with Gasteiger partial charge in [-0.15, -0.1) is 0 Å². The monoisotopic (exact) mass is 338 g/mol. The summed E-state index contributed by atoms with van der Waals surface area (Å²) in [5, 5.41) is 0.395. The molecule has 0 saturated carbocycles. The van der Waals surface area contributed by atoms with Gasteiger partial charge in [0, 0.05) is 5.56 Å². The molecule has 0 aliphatic rings. The van der Waals surface area contributed by atoms with Gasteiger partial charge in [-0.1, -0.05) is 11.6 Å². The predicted molar refractivity (Wildman–Crippen MR) is 84.2 cm³/mol. The molecule has 0 atom stereocenters. The van der Waals surface area contributed by atoms with Crippen molar-refractivity contribution in [1.82, 2.24) is 15.4 Å². The highest BCUT2D eigenvalue weighted by Gasteiger charge is 2.17.